The second-order valence-corrected chi connectivity index (χ2v) is 6.06. The van der Waals surface area contributed by atoms with Crippen molar-refractivity contribution < 1.29 is 13.2 Å². The van der Waals surface area contributed by atoms with E-state index in [-0.39, 0.29) is 29.3 Å². The molecule has 0 saturated carbocycles. The van der Waals surface area contributed by atoms with E-state index in [0.29, 0.717) is 13.1 Å². The van der Waals surface area contributed by atoms with Crippen LogP contribution in [0.2, 0.25) is 0 Å². The summed E-state index contributed by atoms with van der Waals surface area (Å²) in [5.74, 6) is -0.101. The summed E-state index contributed by atoms with van der Waals surface area (Å²) in [6, 6.07) is 7.80. The fraction of sp³-hybridized carbons (Fsp3) is 0.429. The van der Waals surface area contributed by atoms with Crippen molar-refractivity contribution >= 4 is 15.9 Å². The van der Waals surface area contributed by atoms with Gasteiger partial charge in [0.15, 0.2) is 0 Å². The minimum atomic E-state index is -3.78. The molecule has 0 heterocycles. The molecule has 1 aromatic carbocycles. The summed E-state index contributed by atoms with van der Waals surface area (Å²) < 4.78 is 26.6. The second-order valence-electron chi connectivity index (χ2n) is 4.32. The molecule has 0 atom stereocenters. The van der Waals surface area contributed by atoms with E-state index in [1.54, 1.807) is 17.0 Å². The lowest BCUT2D eigenvalue weighted by molar-refractivity contribution is -0.130. The minimum Gasteiger partial charge on any atom is -0.343 e. The van der Waals surface area contributed by atoms with Crippen LogP contribution in [0, 0.1) is 11.3 Å². The maximum absolute atomic E-state index is 12.1. The van der Waals surface area contributed by atoms with Gasteiger partial charge < -0.3 is 4.90 Å². The third kappa shape index (κ3) is 4.55. The second kappa shape index (κ2) is 7.76. The predicted molar refractivity (Wildman–Crippen MR) is 78.9 cm³/mol. The number of nitrogens with one attached hydrogen (secondary N) is 1. The molecule has 0 aromatic heterocycles. The third-order valence-corrected chi connectivity index (χ3v) is 4.56. The Bertz CT molecular complexity index is 631. The molecule has 7 heteroatoms. The van der Waals surface area contributed by atoms with Crippen LogP contribution in [0.5, 0.6) is 0 Å². The molecule has 0 saturated heterocycles. The highest BCUT2D eigenvalue weighted by Gasteiger charge is 2.18. The molecular formula is C14H19N3O3S. The average Bonchev–Trinajstić information content (AvgIpc) is 2.48. The van der Waals surface area contributed by atoms with Crippen LogP contribution >= 0.6 is 0 Å². The van der Waals surface area contributed by atoms with Crippen molar-refractivity contribution in [3.05, 3.63) is 29.8 Å². The monoisotopic (exact) mass is 309 g/mol. The molecule has 0 aliphatic carbocycles. The zero-order valence-electron chi connectivity index (χ0n) is 12.2. The molecule has 6 nitrogen and oxygen atoms in total. The van der Waals surface area contributed by atoms with Crippen molar-refractivity contribution in [2.24, 2.45) is 0 Å². The normalized spacial score (nSPS) is 10.9. The number of sulfonamides is 1. The number of carbonyl (C=O) groups is 1. The van der Waals surface area contributed by atoms with Gasteiger partial charge >= 0.3 is 0 Å². The molecular weight excluding hydrogens is 290 g/mol. The summed E-state index contributed by atoms with van der Waals surface area (Å²) in [5, 5.41) is 8.93. The molecule has 0 unspecified atom stereocenters. The van der Waals surface area contributed by atoms with Gasteiger partial charge in [0.05, 0.1) is 10.5 Å². The van der Waals surface area contributed by atoms with Gasteiger partial charge in [-0.25, -0.2) is 13.1 Å². The van der Waals surface area contributed by atoms with E-state index < -0.39 is 10.0 Å². The Kier molecular flexibility index (Phi) is 6.34. The van der Waals surface area contributed by atoms with E-state index in [1.807, 2.05) is 19.9 Å². The summed E-state index contributed by atoms with van der Waals surface area (Å²) in [5.41, 5.74) is 0.0834. The zero-order chi connectivity index (χ0) is 15.9. The van der Waals surface area contributed by atoms with Crippen molar-refractivity contribution in [3.8, 4) is 6.07 Å². The Morgan fingerprint density at radius 2 is 1.90 bits per heavy atom. The van der Waals surface area contributed by atoms with Crippen LogP contribution in [0.25, 0.3) is 0 Å². The van der Waals surface area contributed by atoms with Gasteiger partial charge in [-0.3, -0.25) is 4.79 Å². The predicted octanol–water partition coefficient (Wildman–Crippen LogP) is 1.10. The van der Waals surface area contributed by atoms with Crippen LogP contribution in [0.4, 0.5) is 0 Å². The van der Waals surface area contributed by atoms with Crippen LogP contribution in [0.3, 0.4) is 0 Å². The Morgan fingerprint density at radius 3 is 2.48 bits per heavy atom. The summed E-state index contributed by atoms with van der Waals surface area (Å²) >= 11 is 0. The molecule has 1 amide bonds. The van der Waals surface area contributed by atoms with Gasteiger partial charge in [0.2, 0.25) is 15.9 Å². The van der Waals surface area contributed by atoms with E-state index in [1.165, 1.54) is 12.1 Å². The molecule has 1 rings (SSSR count). The lowest BCUT2D eigenvalue weighted by Crippen LogP contribution is -2.34. The fourth-order valence-corrected chi connectivity index (χ4v) is 3.09. The van der Waals surface area contributed by atoms with Crippen LogP contribution in [0.15, 0.2) is 29.2 Å². The average molecular weight is 309 g/mol. The first kappa shape index (κ1) is 17.1. The highest BCUT2D eigenvalue weighted by atomic mass is 32.2. The lowest BCUT2D eigenvalue weighted by atomic mass is 10.2. The van der Waals surface area contributed by atoms with Crippen molar-refractivity contribution in [1.82, 2.24) is 9.62 Å². The number of carbonyl (C=O) groups excluding carboxylic acids is 1. The summed E-state index contributed by atoms with van der Waals surface area (Å²) in [6.07, 6.45) is 0.0929. The molecule has 0 bridgehead atoms. The molecule has 0 aliphatic heterocycles. The van der Waals surface area contributed by atoms with Crippen molar-refractivity contribution in [1.29, 1.82) is 5.26 Å². The highest BCUT2D eigenvalue weighted by molar-refractivity contribution is 7.89. The smallest absolute Gasteiger partial charge is 0.241 e. The van der Waals surface area contributed by atoms with Gasteiger partial charge in [0.25, 0.3) is 0 Å². The SMILES string of the molecule is CCN(CC)C(=O)CCNS(=O)(=O)c1ccccc1C#N. The Labute approximate surface area is 125 Å². The molecule has 0 radical (unpaired) electrons. The highest BCUT2D eigenvalue weighted by Crippen LogP contribution is 2.13. The number of rotatable bonds is 7. The van der Waals surface area contributed by atoms with Gasteiger partial charge in [-0.2, -0.15) is 5.26 Å². The number of nitriles is 1. The largest absolute Gasteiger partial charge is 0.343 e. The topological polar surface area (TPSA) is 90.3 Å². The van der Waals surface area contributed by atoms with Gasteiger partial charge in [-0.05, 0) is 26.0 Å². The van der Waals surface area contributed by atoms with Crippen LogP contribution < -0.4 is 4.72 Å². The van der Waals surface area contributed by atoms with Crippen LogP contribution in [0.1, 0.15) is 25.8 Å². The maximum Gasteiger partial charge on any atom is 0.241 e. The van der Waals surface area contributed by atoms with Crippen LogP contribution in [-0.4, -0.2) is 38.9 Å². The van der Waals surface area contributed by atoms with Crippen molar-refractivity contribution in [2.75, 3.05) is 19.6 Å². The minimum absolute atomic E-state index is 0.0113. The summed E-state index contributed by atoms with van der Waals surface area (Å²) in [4.78, 5) is 13.4. The standard InChI is InChI=1S/C14H19N3O3S/c1-3-17(4-2)14(18)9-10-16-21(19,20)13-8-6-5-7-12(13)11-15/h5-8,16H,3-4,9-10H2,1-2H3. The first-order valence-electron chi connectivity index (χ1n) is 6.72. The first-order valence-corrected chi connectivity index (χ1v) is 8.21. The molecule has 0 fully saturated rings. The summed E-state index contributed by atoms with van der Waals surface area (Å²) in [6.45, 7) is 4.94. The number of hydrogen-bond donors (Lipinski definition) is 1. The Hall–Kier alpha value is -1.91. The summed E-state index contributed by atoms with van der Waals surface area (Å²) in [7, 11) is -3.78. The van der Waals surface area contributed by atoms with E-state index in [4.69, 9.17) is 5.26 Å². The van der Waals surface area contributed by atoms with Crippen molar-refractivity contribution in [2.45, 2.75) is 25.2 Å². The molecule has 1 N–H and O–H groups in total. The van der Waals surface area contributed by atoms with E-state index >= 15 is 0 Å². The lowest BCUT2D eigenvalue weighted by Gasteiger charge is -2.18. The molecule has 1 aromatic rings. The fourth-order valence-electron chi connectivity index (χ4n) is 1.90. The number of benzene rings is 1. The van der Waals surface area contributed by atoms with Gasteiger partial charge in [0.1, 0.15) is 6.07 Å². The maximum atomic E-state index is 12.1. The van der Waals surface area contributed by atoms with E-state index in [2.05, 4.69) is 4.72 Å². The van der Waals surface area contributed by atoms with E-state index in [9.17, 15) is 13.2 Å². The zero-order valence-corrected chi connectivity index (χ0v) is 13.0. The van der Waals surface area contributed by atoms with Gasteiger partial charge in [-0.15, -0.1) is 0 Å². The third-order valence-electron chi connectivity index (χ3n) is 3.04. The molecule has 0 aliphatic rings. The first-order chi connectivity index (χ1) is 9.96. The van der Waals surface area contributed by atoms with Gasteiger partial charge in [0, 0.05) is 26.1 Å². The van der Waals surface area contributed by atoms with Crippen LogP contribution in [-0.2, 0) is 14.8 Å². The number of nitrogens with zero attached hydrogens (tertiary/aromatic N) is 2. The Balaban J connectivity index is 2.71. The molecule has 0 spiro atoms. The Morgan fingerprint density at radius 1 is 1.29 bits per heavy atom. The van der Waals surface area contributed by atoms with Crippen molar-refractivity contribution in [3.63, 3.8) is 0 Å². The molecule has 114 valence electrons. The number of hydrogen-bond acceptors (Lipinski definition) is 4. The quantitative estimate of drug-likeness (QED) is 0.816. The van der Waals surface area contributed by atoms with E-state index in [0.717, 1.165) is 0 Å². The molecule has 21 heavy (non-hydrogen) atoms. The number of amides is 1. The van der Waals surface area contributed by atoms with Gasteiger partial charge in [-0.1, -0.05) is 12.1 Å².